The van der Waals surface area contributed by atoms with Crippen molar-refractivity contribution in [3.05, 3.63) is 29.8 Å². The number of amides is 1. The third-order valence-corrected chi connectivity index (χ3v) is 2.40. The van der Waals surface area contributed by atoms with Gasteiger partial charge in [0.05, 0.1) is 5.92 Å². The Morgan fingerprint density at radius 2 is 2.31 bits per heavy atom. The predicted octanol–water partition coefficient (Wildman–Crippen LogP) is 0.646. The zero-order chi connectivity index (χ0) is 12.0. The van der Waals surface area contributed by atoms with Crippen LogP contribution in [0, 0.1) is 5.92 Å². The molecule has 16 heavy (non-hydrogen) atoms. The number of nitrogens with one attached hydrogen (secondary N) is 1. The van der Waals surface area contributed by atoms with Gasteiger partial charge in [0.2, 0.25) is 5.91 Å². The van der Waals surface area contributed by atoms with Crippen LogP contribution in [0.4, 0.5) is 0 Å². The lowest BCUT2D eigenvalue weighted by Crippen LogP contribution is -2.36. The molecule has 0 aromatic heterocycles. The van der Waals surface area contributed by atoms with Crippen LogP contribution in [0.25, 0.3) is 0 Å². The highest BCUT2D eigenvalue weighted by Gasteiger charge is 2.16. The van der Waals surface area contributed by atoms with Crippen LogP contribution in [0.1, 0.15) is 12.5 Å². The van der Waals surface area contributed by atoms with Gasteiger partial charge in [-0.2, -0.15) is 0 Å². The third-order valence-electron chi connectivity index (χ3n) is 2.40. The number of hydrogen-bond donors (Lipinski definition) is 3. The van der Waals surface area contributed by atoms with Crippen molar-refractivity contribution in [2.45, 2.75) is 13.3 Å². The second-order valence-electron chi connectivity index (χ2n) is 3.70. The number of phenols is 1. The van der Waals surface area contributed by atoms with Gasteiger partial charge >= 0.3 is 0 Å². The Hall–Kier alpha value is -1.55. The maximum Gasteiger partial charge on any atom is 0.224 e. The van der Waals surface area contributed by atoms with E-state index in [9.17, 15) is 9.90 Å². The van der Waals surface area contributed by atoms with E-state index >= 15 is 0 Å². The molecule has 1 unspecified atom stereocenters. The molecule has 1 amide bonds. The van der Waals surface area contributed by atoms with Crippen LogP contribution in [0.15, 0.2) is 24.3 Å². The van der Waals surface area contributed by atoms with E-state index in [-0.39, 0.29) is 17.6 Å². The molecule has 88 valence electrons. The number of aromatic hydroxyl groups is 1. The van der Waals surface area contributed by atoms with Gasteiger partial charge in [0.25, 0.3) is 0 Å². The third kappa shape index (κ3) is 3.55. The zero-order valence-electron chi connectivity index (χ0n) is 9.44. The molecule has 4 nitrogen and oxygen atoms in total. The van der Waals surface area contributed by atoms with Crippen molar-refractivity contribution in [2.75, 3.05) is 13.1 Å². The number of nitrogens with two attached hydrogens (primary N) is 1. The van der Waals surface area contributed by atoms with Gasteiger partial charge < -0.3 is 16.2 Å². The van der Waals surface area contributed by atoms with Crippen molar-refractivity contribution < 1.29 is 9.90 Å². The lowest BCUT2D eigenvalue weighted by atomic mass is 9.98. The van der Waals surface area contributed by atoms with Gasteiger partial charge in [-0.25, -0.2) is 0 Å². The Labute approximate surface area is 95.5 Å². The lowest BCUT2D eigenvalue weighted by molar-refractivity contribution is -0.124. The SMILES string of the molecule is CCNC(=O)C(CN)Cc1cccc(O)c1. The first-order chi connectivity index (χ1) is 7.67. The normalized spacial score (nSPS) is 12.1. The fourth-order valence-corrected chi connectivity index (χ4v) is 1.57. The number of carbonyl (C=O) groups is 1. The molecule has 0 aliphatic rings. The Bertz CT molecular complexity index is 353. The molecule has 1 aromatic rings. The summed E-state index contributed by atoms with van der Waals surface area (Å²) < 4.78 is 0. The van der Waals surface area contributed by atoms with E-state index in [2.05, 4.69) is 5.32 Å². The molecule has 1 aromatic carbocycles. The number of phenolic OH excluding ortho intramolecular Hbond substituents is 1. The second-order valence-corrected chi connectivity index (χ2v) is 3.70. The summed E-state index contributed by atoms with van der Waals surface area (Å²) in [7, 11) is 0. The minimum Gasteiger partial charge on any atom is -0.508 e. The molecule has 0 aliphatic carbocycles. The molecule has 1 rings (SSSR count). The standard InChI is InChI=1S/C12H18N2O2/c1-2-14-12(16)10(8-13)6-9-4-3-5-11(15)7-9/h3-5,7,10,15H,2,6,8,13H2,1H3,(H,14,16). The van der Waals surface area contributed by atoms with Crippen LogP contribution < -0.4 is 11.1 Å². The average Bonchev–Trinajstić information content (AvgIpc) is 2.26. The Morgan fingerprint density at radius 1 is 1.56 bits per heavy atom. The molecular weight excluding hydrogens is 204 g/mol. The van der Waals surface area contributed by atoms with E-state index in [1.54, 1.807) is 18.2 Å². The van der Waals surface area contributed by atoms with Crippen molar-refractivity contribution in [2.24, 2.45) is 11.7 Å². The van der Waals surface area contributed by atoms with Gasteiger partial charge in [-0.3, -0.25) is 4.79 Å². The first kappa shape index (κ1) is 12.5. The molecule has 0 aliphatic heterocycles. The van der Waals surface area contributed by atoms with Crippen LogP contribution in [0.5, 0.6) is 5.75 Å². The number of carbonyl (C=O) groups excluding carboxylic acids is 1. The number of benzene rings is 1. The summed E-state index contributed by atoms with van der Waals surface area (Å²) in [5, 5.41) is 12.1. The van der Waals surface area contributed by atoms with E-state index in [1.807, 2.05) is 13.0 Å². The van der Waals surface area contributed by atoms with Crippen LogP contribution in [0.3, 0.4) is 0 Å². The summed E-state index contributed by atoms with van der Waals surface area (Å²) in [5.74, 6) is -0.0562. The largest absolute Gasteiger partial charge is 0.508 e. The molecule has 0 saturated carbocycles. The highest BCUT2D eigenvalue weighted by atomic mass is 16.3. The van der Waals surface area contributed by atoms with Gasteiger partial charge in [-0.15, -0.1) is 0 Å². The Kier molecular flexibility index (Phi) is 4.79. The molecule has 0 bridgehead atoms. The van der Waals surface area contributed by atoms with Gasteiger partial charge in [0.15, 0.2) is 0 Å². The first-order valence-corrected chi connectivity index (χ1v) is 5.43. The van der Waals surface area contributed by atoms with Crippen LogP contribution in [-0.2, 0) is 11.2 Å². The summed E-state index contributed by atoms with van der Waals surface area (Å²) in [6, 6.07) is 6.90. The monoisotopic (exact) mass is 222 g/mol. The maximum absolute atomic E-state index is 11.6. The summed E-state index contributed by atoms with van der Waals surface area (Å²) >= 11 is 0. The van der Waals surface area contributed by atoms with Crippen LogP contribution in [0.2, 0.25) is 0 Å². The smallest absolute Gasteiger partial charge is 0.224 e. The summed E-state index contributed by atoms with van der Waals surface area (Å²) in [6.07, 6.45) is 0.552. The second kappa shape index (κ2) is 6.12. The maximum atomic E-state index is 11.6. The quantitative estimate of drug-likeness (QED) is 0.684. The Morgan fingerprint density at radius 3 is 2.88 bits per heavy atom. The van der Waals surface area contributed by atoms with E-state index in [1.165, 1.54) is 0 Å². The van der Waals surface area contributed by atoms with Crippen molar-refractivity contribution in [3.8, 4) is 5.75 Å². The molecule has 0 fully saturated rings. The Balaban J connectivity index is 2.66. The minimum absolute atomic E-state index is 0.0339. The van der Waals surface area contributed by atoms with Gasteiger partial charge in [-0.05, 0) is 31.0 Å². The van der Waals surface area contributed by atoms with Gasteiger partial charge in [0.1, 0.15) is 5.75 Å². The average molecular weight is 222 g/mol. The van der Waals surface area contributed by atoms with Crippen molar-refractivity contribution in [3.63, 3.8) is 0 Å². The minimum atomic E-state index is -0.234. The summed E-state index contributed by atoms with van der Waals surface area (Å²) in [4.78, 5) is 11.6. The van der Waals surface area contributed by atoms with Crippen molar-refractivity contribution >= 4 is 5.91 Å². The highest BCUT2D eigenvalue weighted by Crippen LogP contribution is 2.14. The molecular formula is C12H18N2O2. The van der Waals surface area contributed by atoms with Gasteiger partial charge in [-0.1, -0.05) is 12.1 Å². The van der Waals surface area contributed by atoms with Gasteiger partial charge in [0, 0.05) is 13.1 Å². The number of hydrogen-bond acceptors (Lipinski definition) is 3. The van der Waals surface area contributed by atoms with E-state index < -0.39 is 0 Å². The predicted molar refractivity (Wildman–Crippen MR) is 63.0 cm³/mol. The summed E-state index contributed by atoms with van der Waals surface area (Å²) in [6.45, 7) is 2.79. The van der Waals surface area contributed by atoms with Crippen molar-refractivity contribution in [1.82, 2.24) is 5.32 Å². The molecule has 0 radical (unpaired) electrons. The van der Waals surface area contributed by atoms with E-state index in [4.69, 9.17) is 5.73 Å². The molecule has 0 heterocycles. The molecule has 0 spiro atoms. The molecule has 0 saturated heterocycles. The zero-order valence-corrected chi connectivity index (χ0v) is 9.44. The molecule has 4 N–H and O–H groups in total. The topological polar surface area (TPSA) is 75.4 Å². The molecule has 1 atom stereocenters. The molecule has 4 heteroatoms. The lowest BCUT2D eigenvalue weighted by Gasteiger charge is -2.14. The number of rotatable bonds is 5. The fourth-order valence-electron chi connectivity index (χ4n) is 1.57. The van der Waals surface area contributed by atoms with E-state index in [0.717, 1.165) is 5.56 Å². The summed E-state index contributed by atoms with van der Waals surface area (Å²) in [5.41, 5.74) is 6.48. The fraction of sp³-hybridized carbons (Fsp3) is 0.417. The van der Waals surface area contributed by atoms with Crippen molar-refractivity contribution in [1.29, 1.82) is 0 Å². The van der Waals surface area contributed by atoms with E-state index in [0.29, 0.717) is 19.5 Å². The van der Waals surface area contributed by atoms with Crippen LogP contribution >= 0.6 is 0 Å². The highest BCUT2D eigenvalue weighted by molar-refractivity contribution is 5.79. The first-order valence-electron chi connectivity index (χ1n) is 5.43. The van der Waals surface area contributed by atoms with Crippen LogP contribution in [-0.4, -0.2) is 24.1 Å².